The summed E-state index contributed by atoms with van der Waals surface area (Å²) in [5.74, 6) is 1.78. The van der Waals surface area contributed by atoms with Gasteiger partial charge in [0.15, 0.2) is 11.5 Å². The van der Waals surface area contributed by atoms with Gasteiger partial charge in [-0.1, -0.05) is 143 Å². The monoisotopic (exact) mass is 708 g/mol. The van der Waals surface area contributed by atoms with Crippen molar-refractivity contribution in [2.75, 3.05) is 9.80 Å². The minimum Gasteiger partial charge on any atom is -0.453 e. The maximum atomic E-state index is 6.67. The van der Waals surface area contributed by atoms with Gasteiger partial charge in [0.2, 0.25) is 0 Å². The van der Waals surface area contributed by atoms with E-state index in [9.17, 15) is 0 Å². The van der Waals surface area contributed by atoms with E-state index in [1.165, 1.54) is 61.0 Å². The van der Waals surface area contributed by atoms with Gasteiger partial charge in [0.25, 0.3) is 0 Å². The molecular weight excluding hydrogens is 669 g/mol. The van der Waals surface area contributed by atoms with Crippen molar-refractivity contribution < 1.29 is 4.74 Å². The predicted octanol–water partition coefficient (Wildman–Crippen LogP) is 14.5. The number of ether oxygens (including phenoxy) is 1. The molecule has 3 nitrogen and oxygen atoms in total. The number of rotatable bonds is 4. The highest BCUT2D eigenvalue weighted by Gasteiger charge is 2.43. The van der Waals surface area contributed by atoms with Gasteiger partial charge in [-0.15, -0.1) is 0 Å². The van der Waals surface area contributed by atoms with Crippen LogP contribution in [0.1, 0.15) is 49.9 Å². The van der Waals surface area contributed by atoms with Crippen LogP contribution in [0.4, 0.5) is 34.1 Å². The second-order valence-electron chi connectivity index (χ2n) is 16.2. The zero-order chi connectivity index (χ0) is 37.1. The molecular formula is C52H40N2O. The lowest BCUT2D eigenvalue weighted by Crippen LogP contribution is -2.33. The Labute approximate surface area is 322 Å². The minimum absolute atomic E-state index is 0.0833. The average molecular weight is 709 g/mol. The third-order valence-corrected chi connectivity index (χ3v) is 12.4. The van der Waals surface area contributed by atoms with Crippen molar-refractivity contribution in [2.45, 2.75) is 38.5 Å². The lowest BCUT2D eigenvalue weighted by molar-refractivity contribution is 0.472. The molecule has 0 atom stereocenters. The van der Waals surface area contributed by atoms with Gasteiger partial charge < -0.3 is 14.5 Å². The topological polar surface area (TPSA) is 15.7 Å². The van der Waals surface area contributed by atoms with Crippen LogP contribution in [-0.2, 0) is 10.8 Å². The third-order valence-electron chi connectivity index (χ3n) is 12.4. The molecule has 0 saturated heterocycles. The molecule has 0 unspecified atom stereocenters. The normalized spacial score (nSPS) is 14.9. The molecule has 3 heteroatoms. The Morgan fingerprint density at radius 3 is 1.96 bits per heavy atom. The van der Waals surface area contributed by atoms with Crippen LogP contribution in [0.5, 0.6) is 11.5 Å². The first-order chi connectivity index (χ1) is 26.8. The molecule has 2 aliphatic heterocycles. The van der Waals surface area contributed by atoms with Gasteiger partial charge in [0.05, 0.1) is 17.1 Å². The number of hydrogen-bond acceptors (Lipinski definition) is 3. The molecule has 0 radical (unpaired) electrons. The number of anilines is 6. The summed E-state index contributed by atoms with van der Waals surface area (Å²) in [4.78, 5) is 4.86. The molecule has 3 aliphatic rings. The van der Waals surface area contributed by atoms with E-state index in [0.29, 0.717) is 0 Å². The first-order valence-electron chi connectivity index (χ1n) is 19.3. The average Bonchev–Trinajstić information content (AvgIpc) is 3.45. The number of benzene rings is 8. The van der Waals surface area contributed by atoms with E-state index >= 15 is 0 Å². The lowest BCUT2D eigenvalue weighted by Gasteiger charge is -2.46. The molecule has 0 aromatic heterocycles. The molecule has 0 saturated carbocycles. The van der Waals surface area contributed by atoms with Crippen LogP contribution >= 0.6 is 0 Å². The summed E-state index contributed by atoms with van der Waals surface area (Å²) in [7, 11) is 0. The van der Waals surface area contributed by atoms with Crippen LogP contribution in [0.3, 0.4) is 0 Å². The van der Waals surface area contributed by atoms with Gasteiger partial charge in [-0.25, -0.2) is 0 Å². The van der Waals surface area contributed by atoms with Crippen molar-refractivity contribution in [1.29, 1.82) is 0 Å². The fraction of sp³-hybridized carbons (Fsp3) is 0.115. The smallest absolute Gasteiger partial charge is 0.152 e. The Balaban J connectivity index is 1.06. The van der Waals surface area contributed by atoms with Crippen LogP contribution in [0, 0.1) is 0 Å². The molecule has 0 bridgehead atoms. The van der Waals surface area contributed by atoms with Gasteiger partial charge >= 0.3 is 0 Å². The van der Waals surface area contributed by atoms with Gasteiger partial charge in [-0.2, -0.15) is 0 Å². The quantitative estimate of drug-likeness (QED) is 0.181. The van der Waals surface area contributed by atoms with Crippen molar-refractivity contribution in [1.82, 2.24) is 0 Å². The second kappa shape index (κ2) is 11.5. The number of hydrogen-bond donors (Lipinski definition) is 0. The largest absolute Gasteiger partial charge is 0.453 e. The SMILES string of the molecule is CC1(C)c2ccccc2-c2ccc(N(c3ccccc3)c3ccc(-c4cccc5c4C(C)(C)c4cccc6c4N5c4c(ccc5ccccc45)O6)cc3)cc21. The maximum Gasteiger partial charge on any atom is 0.152 e. The Bertz CT molecular complexity index is 2850. The molecule has 55 heavy (non-hydrogen) atoms. The molecule has 2 heterocycles. The summed E-state index contributed by atoms with van der Waals surface area (Å²) in [6.45, 7) is 9.42. The Morgan fingerprint density at radius 1 is 0.455 bits per heavy atom. The molecule has 264 valence electrons. The summed E-state index contributed by atoms with van der Waals surface area (Å²) in [6, 6.07) is 62.0. The molecule has 8 aromatic rings. The van der Waals surface area contributed by atoms with Crippen LogP contribution in [0.15, 0.2) is 170 Å². The summed E-state index contributed by atoms with van der Waals surface area (Å²) in [5, 5.41) is 2.38. The van der Waals surface area contributed by atoms with E-state index in [4.69, 9.17) is 4.74 Å². The highest BCUT2D eigenvalue weighted by atomic mass is 16.5. The lowest BCUT2D eigenvalue weighted by atomic mass is 9.70. The molecule has 8 aromatic carbocycles. The molecule has 0 fully saturated rings. The summed E-state index contributed by atoms with van der Waals surface area (Å²) >= 11 is 0. The molecule has 1 aliphatic carbocycles. The summed E-state index contributed by atoms with van der Waals surface area (Å²) in [6.07, 6.45) is 0. The summed E-state index contributed by atoms with van der Waals surface area (Å²) in [5.41, 5.74) is 16.9. The molecule has 0 amide bonds. The van der Waals surface area contributed by atoms with Gasteiger partial charge in [-0.05, 0) is 104 Å². The highest BCUT2D eigenvalue weighted by molar-refractivity contribution is 6.06. The zero-order valence-corrected chi connectivity index (χ0v) is 31.5. The van der Waals surface area contributed by atoms with Crippen molar-refractivity contribution in [2.24, 2.45) is 0 Å². The third kappa shape index (κ3) is 4.50. The fourth-order valence-electron chi connectivity index (χ4n) is 9.76. The van der Waals surface area contributed by atoms with Crippen LogP contribution in [0.25, 0.3) is 33.0 Å². The first-order valence-corrected chi connectivity index (χ1v) is 19.3. The maximum absolute atomic E-state index is 6.67. The van der Waals surface area contributed by atoms with E-state index in [-0.39, 0.29) is 10.8 Å². The van der Waals surface area contributed by atoms with Crippen LogP contribution in [-0.4, -0.2) is 0 Å². The standard InChI is InChI=1S/C52H40N2O/c1-51(2)42-20-11-10-18-40(42)41-30-29-37(32-44(41)51)53(35-15-6-5-7-16-35)36-27-24-34(25-28-36)38-19-12-22-45-48(38)52(3,4)43-21-13-23-46-50(43)54(45)49-39-17-9-8-14-33(39)26-31-47(49)55-46/h5-32H,1-4H3. The number of fused-ring (bicyclic) bond motifs is 9. The van der Waals surface area contributed by atoms with Crippen molar-refractivity contribution in [3.8, 4) is 33.8 Å². The number of nitrogens with zero attached hydrogens (tertiary/aromatic N) is 2. The van der Waals surface area contributed by atoms with Gasteiger partial charge in [0.1, 0.15) is 0 Å². The van der Waals surface area contributed by atoms with Crippen LogP contribution in [0.2, 0.25) is 0 Å². The van der Waals surface area contributed by atoms with E-state index in [1.54, 1.807) is 0 Å². The number of para-hydroxylation sites is 2. The Morgan fingerprint density at radius 2 is 1.11 bits per heavy atom. The minimum atomic E-state index is -0.289. The molecule has 0 spiro atoms. The molecule has 0 N–H and O–H groups in total. The second-order valence-corrected chi connectivity index (χ2v) is 16.2. The van der Waals surface area contributed by atoms with E-state index in [1.807, 2.05) is 0 Å². The fourth-order valence-corrected chi connectivity index (χ4v) is 9.76. The van der Waals surface area contributed by atoms with Gasteiger partial charge in [-0.3, -0.25) is 0 Å². The summed E-state index contributed by atoms with van der Waals surface area (Å²) < 4.78 is 6.67. The Kier molecular flexibility index (Phi) is 6.65. The zero-order valence-electron chi connectivity index (χ0n) is 31.5. The van der Waals surface area contributed by atoms with Crippen LogP contribution < -0.4 is 14.5 Å². The van der Waals surface area contributed by atoms with Crippen molar-refractivity contribution in [3.05, 3.63) is 192 Å². The van der Waals surface area contributed by atoms with E-state index in [0.717, 1.165) is 39.9 Å². The van der Waals surface area contributed by atoms with E-state index < -0.39 is 0 Å². The predicted molar refractivity (Wildman–Crippen MR) is 229 cm³/mol. The Hall–Kier alpha value is -6.58. The van der Waals surface area contributed by atoms with Gasteiger partial charge in [0, 0.05) is 33.3 Å². The van der Waals surface area contributed by atoms with E-state index in [2.05, 4.69) is 207 Å². The van der Waals surface area contributed by atoms with Crippen molar-refractivity contribution >= 4 is 44.9 Å². The molecule has 11 rings (SSSR count). The first kappa shape index (κ1) is 31.9. The van der Waals surface area contributed by atoms with Crippen molar-refractivity contribution in [3.63, 3.8) is 0 Å². The highest BCUT2D eigenvalue weighted by Crippen LogP contribution is 2.62.